The molecule has 2 unspecified atom stereocenters. The number of carbonyl (C=O) groups is 1. The standard InChI is InChI=1S/C9H11BrO3S2/c1-2-8(9(11)12)15(13)5-7-3-6(10)4-14-7/h3-4,8H,2,5H2,1H3,(H,11,12). The van der Waals surface area contributed by atoms with Gasteiger partial charge in [-0.2, -0.15) is 0 Å². The Hall–Kier alpha value is -0.200. The molecule has 0 amide bonds. The SMILES string of the molecule is CCC(C(=O)O)S(=O)Cc1cc(Br)cs1. The summed E-state index contributed by atoms with van der Waals surface area (Å²) in [6.45, 7) is 1.74. The van der Waals surface area contributed by atoms with Crippen LogP contribution < -0.4 is 0 Å². The van der Waals surface area contributed by atoms with Gasteiger partial charge in [0.05, 0.1) is 5.75 Å². The van der Waals surface area contributed by atoms with Crippen LogP contribution in [0.15, 0.2) is 15.9 Å². The van der Waals surface area contributed by atoms with Gasteiger partial charge >= 0.3 is 5.97 Å². The summed E-state index contributed by atoms with van der Waals surface area (Å²) in [7, 11) is -1.34. The molecule has 15 heavy (non-hydrogen) atoms. The monoisotopic (exact) mass is 310 g/mol. The second-order valence-corrected chi connectivity index (χ2v) is 6.52. The maximum atomic E-state index is 11.7. The lowest BCUT2D eigenvalue weighted by Gasteiger charge is -2.08. The van der Waals surface area contributed by atoms with Crippen molar-refractivity contribution in [1.29, 1.82) is 0 Å². The van der Waals surface area contributed by atoms with Crippen LogP contribution >= 0.6 is 27.3 Å². The van der Waals surface area contributed by atoms with E-state index in [0.29, 0.717) is 12.2 Å². The van der Waals surface area contributed by atoms with Crippen LogP contribution in [-0.4, -0.2) is 20.5 Å². The van der Waals surface area contributed by atoms with Crippen molar-refractivity contribution in [3.05, 3.63) is 20.8 Å². The first-order valence-corrected chi connectivity index (χ1v) is 7.43. The number of halogens is 1. The number of hydrogen-bond donors (Lipinski definition) is 1. The Balaban J connectivity index is 2.66. The minimum atomic E-state index is -1.34. The maximum Gasteiger partial charge on any atom is 0.319 e. The summed E-state index contributed by atoms with van der Waals surface area (Å²) < 4.78 is 12.7. The minimum Gasteiger partial charge on any atom is -0.480 e. The molecule has 1 aromatic heterocycles. The van der Waals surface area contributed by atoms with Gasteiger partial charge in [0, 0.05) is 25.5 Å². The molecule has 6 heteroatoms. The molecule has 0 radical (unpaired) electrons. The number of carboxylic acids is 1. The van der Waals surface area contributed by atoms with Crippen LogP contribution in [0.5, 0.6) is 0 Å². The third-order valence-corrected chi connectivity index (χ3v) is 5.52. The summed E-state index contributed by atoms with van der Waals surface area (Å²) in [5.41, 5.74) is 0. The van der Waals surface area contributed by atoms with Gasteiger partial charge in [-0.3, -0.25) is 9.00 Å². The van der Waals surface area contributed by atoms with E-state index in [2.05, 4.69) is 15.9 Å². The van der Waals surface area contributed by atoms with E-state index < -0.39 is 22.0 Å². The Morgan fingerprint density at radius 3 is 2.80 bits per heavy atom. The predicted octanol–water partition coefficient (Wildman–Crippen LogP) is 2.62. The third-order valence-electron chi connectivity index (χ3n) is 1.87. The number of aliphatic carboxylic acids is 1. The number of carboxylic acid groups (broad SMARTS) is 1. The molecule has 0 aliphatic rings. The lowest BCUT2D eigenvalue weighted by atomic mass is 10.3. The van der Waals surface area contributed by atoms with Crippen molar-refractivity contribution in [1.82, 2.24) is 0 Å². The van der Waals surface area contributed by atoms with Gasteiger partial charge in [0.25, 0.3) is 0 Å². The smallest absolute Gasteiger partial charge is 0.319 e. The van der Waals surface area contributed by atoms with Crippen LogP contribution in [0.4, 0.5) is 0 Å². The van der Waals surface area contributed by atoms with Crippen LogP contribution in [0.2, 0.25) is 0 Å². The number of rotatable bonds is 5. The van der Waals surface area contributed by atoms with Gasteiger partial charge in [0.1, 0.15) is 5.25 Å². The first-order chi connectivity index (χ1) is 7.04. The molecule has 2 atom stereocenters. The zero-order valence-electron chi connectivity index (χ0n) is 8.10. The average Bonchev–Trinajstić information content (AvgIpc) is 2.51. The van der Waals surface area contributed by atoms with Gasteiger partial charge in [-0.05, 0) is 28.4 Å². The zero-order chi connectivity index (χ0) is 11.4. The van der Waals surface area contributed by atoms with Gasteiger partial charge < -0.3 is 5.11 Å². The fourth-order valence-electron chi connectivity index (χ4n) is 1.14. The highest BCUT2D eigenvalue weighted by atomic mass is 79.9. The summed E-state index contributed by atoms with van der Waals surface area (Å²) in [5.74, 6) is -0.660. The zero-order valence-corrected chi connectivity index (χ0v) is 11.3. The van der Waals surface area contributed by atoms with E-state index in [0.717, 1.165) is 9.35 Å². The molecule has 0 bridgehead atoms. The van der Waals surface area contributed by atoms with Gasteiger partial charge in [0.2, 0.25) is 0 Å². The second kappa shape index (κ2) is 5.77. The van der Waals surface area contributed by atoms with Crippen LogP contribution in [0.25, 0.3) is 0 Å². The third kappa shape index (κ3) is 3.70. The van der Waals surface area contributed by atoms with Gasteiger partial charge in [-0.1, -0.05) is 6.92 Å². The molecule has 1 N–H and O–H groups in total. The highest BCUT2D eigenvalue weighted by Gasteiger charge is 2.22. The lowest BCUT2D eigenvalue weighted by Crippen LogP contribution is -2.25. The van der Waals surface area contributed by atoms with Crippen molar-refractivity contribution in [3.63, 3.8) is 0 Å². The second-order valence-electron chi connectivity index (χ2n) is 2.99. The fraction of sp³-hybridized carbons (Fsp3) is 0.444. The number of thiophene rings is 1. The Kier molecular flexibility index (Phi) is 4.95. The summed E-state index contributed by atoms with van der Waals surface area (Å²) in [6, 6.07) is 1.87. The molecule has 1 aromatic rings. The van der Waals surface area contributed by atoms with E-state index >= 15 is 0 Å². The molecule has 0 aliphatic heterocycles. The van der Waals surface area contributed by atoms with E-state index in [1.165, 1.54) is 11.3 Å². The molecule has 0 saturated carbocycles. The van der Waals surface area contributed by atoms with Crippen LogP contribution in [0, 0.1) is 0 Å². The highest BCUT2D eigenvalue weighted by molar-refractivity contribution is 9.10. The Bertz CT molecular complexity index is 375. The molecule has 0 spiro atoms. The highest BCUT2D eigenvalue weighted by Crippen LogP contribution is 2.22. The van der Waals surface area contributed by atoms with E-state index in [9.17, 15) is 9.00 Å². The quantitative estimate of drug-likeness (QED) is 0.909. The molecule has 84 valence electrons. The van der Waals surface area contributed by atoms with Crippen LogP contribution in [0.1, 0.15) is 18.2 Å². The molecule has 0 fully saturated rings. The van der Waals surface area contributed by atoms with Crippen molar-refractivity contribution in [2.75, 3.05) is 0 Å². The predicted molar refractivity (Wildman–Crippen MR) is 65.6 cm³/mol. The molecule has 1 heterocycles. The Morgan fingerprint density at radius 2 is 2.40 bits per heavy atom. The number of hydrogen-bond acceptors (Lipinski definition) is 3. The van der Waals surface area contributed by atoms with Crippen molar-refractivity contribution >= 4 is 44.0 Å². The maximum absolute atomic E-state index is 11.7. The Labute approximate surface area is 103 Å². The van der Waals surface area contributed by atoms with Gasteiger partial charge in [0.15, 0.2) is 0 Å². The van der Waals surface area contributed by atoms with Crippen molar-refractivity contribution in [2.45, 2.75) is 24.3 Å². The molecule has 0 aromatic carbocycles. The van der Waals surface area contributed by atoms with Gasteiger partial charge in [-0.15, -0.1) is 11.3 Å². The summed E-state index contributed by atoms with van der Waals surface area (Å²) in [4.78, 5) is 11.7. The Morgan fingerprint density at radius 1 is 1.73 bits per heavy atom. The molecule has 0 aliphatic carbocycles. The van der Waals surface area contributed by atoms with E-state index in [-0.39, 0.29) is 0 Å². The first-order valence-electron chi connectivity index (χ1n) is 4.37. The van der Waals surface area contributed by atoms with Crippen LogP contribution in [0.3, 0.4) is 0 Å². The first kappa shape index (κ1) is 12.9. The fourth-order valence-corrected chi connectivity index (χ4v) is 4.16. The average molecular weight is 311 g/mol. The largest absolute Gasteiger partial charge is 0.480 e. The summed E-state index contributed by atoms with van der Waals surface area (Å²) in [5, 5.41) is 9.97. The minimum absolute atomic E-state index is 0.321. The topological polar surface area (TPSA) is 54.4 Å². The molecule has 0 saturated heterocycles. The van der Waals surface area contributed by atoms with Gasteiger partial charge in [-0.25, -0.2) is 0 Å². The molecule has 3 nitrogen and oxygen atoms in total. The van der Waals surface area contributed by atoms with E-state index in [1.54, 1.807) is 6.92 Å². The van der Waals surface area contributed by atoms with E-state index in [4.69, 9.17) is 5.11 Å². The van der Waals surface area contributed by atoms with Crippen LogP contribution in [-0.2, 0) is 21.3 Å². The molecule has 1 rings (SSSR count). The summed E-state index contributed by atoms with van der Waals surface area (Å²) in [6.07, 6.45) is 0.397. The molecular formula is C9H11BrO3S2. The summed E-state index contributed by atoms with van der Waals surface area (Å²) >= 11 is 4.78. The van der Waals surface area contributed by atoms with Crippen molar-refractivity contribution < 1.29 is 14.1 Å². The normalized spacial score (nSPS) is 14.8. The van der Waals surface area contributed by atoms with Crippen molar-refractivity contribution in [3.8, 4) is 0 Å². The van der Waals surface area contributed by atoms with E-state index in [1.807, 2.05) is 11.4 Å². The lowest BCUT2D eigenvalue weighted by molar-refractivity contribution is -0.136. The van der Waals surface area contributed by atoms with Crippen molar-refractivity contribution in [2.24, 2.45) is 0 Å². The molecular weight excluding hydrogens is 300 g/mol.